The highest BCUT2D eigenvalue weighted by Crippen LogP contribution is 2.42. The number of fused-ring (bicyclic) bond motifs is 2. The van der Waals surface area contributed by atoms with Gasteiger partial charge in [-0.15, -0.1) is 0 Å². The van der Waals surface area contributed by atoms with Crippen LogP contribution in [0.15, 0.2) is 60.5 Å². The van der Waals surface area contributed by atoms with Crippen molar-refractivity contribution in [1.29, 1.82) is 0 Å². The summed E-state index contributed by atoms with van der Waals surface area (Å²) in [6.07, 6.45) is 0. The summed E-state index contributed by atoms with van der Waals surface area (Å²) in [6.45, 7) is 1.57. The first kappa shape index (κ1) is 16.6. The Morgan fingerprint density at radius 2 is 1.43 bits per heavy atom. The molecular formula is C15H13BrO5S2. The smallest absolute Gasteiger partial charge is 0.209 e. The second-order valence-corrected chi connectivity index (χ2v) is 10.1. The highest BCUT2D eigenvalue weighted by atomic mass is 79.9. The van der Waals surface area contributed by atoms with E-state index in [1.54, 1.807) is 6.92 Å². The Kier molecular flexibility index (Phi) is 3.91. The number of hydrogen-bond donors (Lipinski definition) is 1. The fourth-order valence-electron chi connectivity index (χ4n) is 2.52. The molecule has 0 saturated carbocycles. The first-order valence-electron chi connectivity index (χ1n) is 6.74. The zero-order valence-corrected chi connectivity index (χ0v) is 15.2. The third-order valence-electron chi connectivity index (χ3n) is 3.87. The van der Waals surface area contributed by atoms with Crippen LogP contribution in [0.5, 0.6) is 0 Å². The van der Waals surface area contributed by atoms with E-state index in [0.29, 0.717) is 10.0 Å². The lowest BCUT2D eigenvalue weighted by Crippen LogP contribution is -2.20. The number of benzene rings is 2. The monoisotopic (exact) mass is 416 g/mol. The van der Waals surface area contributed by atoms with E-state index in [9.17, 15) is 21.9 Å². The zero-order chi connectivity index (χ0) is 17.0. The van der Waals surface area contributed by atoms with Crippen LogP contribution in [-0.4, -0.2) is 28.5 Å². The first-order valence-corrected chi connectivity index (χ1v) is 10.5. The largest absolute Gasteiger partial charge is 0.396 e. The van der Waals surface area contributed by atoms with Crippen molar-refractivity contribution in [3.05, 3.63) is 46.4 Å². The number of halogens is 1. The van der Waals surface area contributed by atoms with Crippen molar-refractivity contribution in [2.24, 2.45) is 0 Å². The molecule has 1 heterocycles. The number of aliphatic hydroxyl groups is 1. The molecule has 1 N–H and O–H groups in total. The molecule has 2 aromatic carbocycles. The van der Waals surface area contributed by atoms with E-state index in [-0.39, 0.29) is 32.1 Å². The molecule has 0 aromatic heterocycles. The van der Waals surface area contributed by atoms with Gasteiger partial charge in [-0.2, -0.15) is 0 Å². The van der Waals surface area contributed by atoms with Gasteiger partial charge in [0.2, 0.25) is 19.7 Å². The predicted molar refractivity (Wildman–Crippen MR) is 87.0 cm³/mol. The van der Waals surface area contributed by atoms with Crippen LogP contribution in [-0.2, 0) is 19.7 Å². The van der Waals surface area contributed by atoms with Crippen molar-refractivity contribution in [2.75, 3.05) is 6.61 Å². The van der Waals surface area contributed by atoms with Gasteiger partial charge >= 0.3 is 0 Å². The van der Waals surface area contributed by atoms with Crippen molar-refractivity contribution in [2.45, 2.75) is 32.4 Å². The highest BCUT2D eigenvalue weighted by Gasteiger charge is 2.39. The zero-order valence-electron chi connectivity index (χ0n) is 12.0. The van der Waals surface area contributed by atoms with Crippen LogP contribution >= 0.6 is 15.9 Å². The molecule has 2 aromatic rings. The van der Waals surface area contributed by atoms with Crippen LogP contribution in [0.3, 0.4) is 0 Å². The maximum atomic E-state index is 12.9. The van der Waals surface area contributed by atoms with Gasteiger partial charge in [-0.3, -0.25) is 0 Å². The van der Waals surface area contributed by atoms with Gasteiger partial charge in [0.25, 0.3) is 0 Å². The minimum Gasteiger partial charge on any atom is -0.396 e. The Morgan fingerprint density at radius 3 is 2.04 bits per heavy atom. The molecule has 8 heteroatoms. The minimum absolute atomic E-state index is 0.159. The van der Waals surface area contributed by atoms with E-state index in [0.717, 1.165) is 0 Å². The average molecular weight is 417 g/mol. The van der Waals surface area contributed by atoms with Gasteiger partial charge in [0.15, 0.2) is 0 Å². The molecule has 5 nitrogen and oxygen atoms in total. The molecule has 0 aliphatic carbocycles. The van der Waals surface area contributed by atoms with E-state index in [2.05, 4.69) is 15.9 Å². The fourth-order valence-corrected chi connectivity index (χ4v) is 7.20. The van der Waals surface area contributed by atoms with Crippen molar-refractivity contribution < 1.29 is 21.9 Å². The highest BCUT2D eigenvalue weighted by molar-refractivity contribution is 9.10. The van der Waals surface area contributed by atoms with Gasteiger partial charge in [0, 0.05) is 17.0 Å². The summed E-state index contributed by atoms with van der Waals surface area (Å²) in [4.78, 5) is -0.897. The molecule has 1 aliphatic rings. The van der Waals surface area contributed by atoms with Crippen LogP contribution in [0, 0.1) is 0 Å². The topological polar surface area (TPSA) is 88.5 Å². The molecule has 0 fully saturated rings. The molecule has 1 aliphatic heterocycles. The summed E-state index contributed by atoms with van der Waals surface area (Å²) in [5.41, 5.74) is 0.573. The summed E-state index contributed by atoms with van der Waals surface area (Å²) in [5.74, 6) is -0.290. The summed E-state index contributed by atoms with van der Waals surface area (Å²) in [7, 11) is -7.85. The summed E-state index contributed by atoms with van der Waals surface area (Å²) in [5, 5.41) is 9.25. The fraction of sp³-hybridized carbons (Fsp3) is 0.200. The van der Waals surface area contributed by atoms with Gasteiger partial charge in [-0.1, -0.05) is 28.9 Å². The molecule has 3 rings (SSSR count). The molecule has 0 saturated heterocycles. The van der Waals surface area contributed by atoms with E-state index in [4.69, 9.17) is 0 Å². The molecule has 0 bridgehead atoms. The molecule has 122 valence electrons. The van der Waals surface area contributed by atoms with E-state index in [1.165, 1.54) is 36.4 Å². The molecule has 23 heavy (non-hydrogen) atoms. The van der Waals surface area contributed by atoms with Crippen molar-refractivity contribution in [3.8, 4) is 0 Å². The van der Waals surface area contributed by atoms with Gasteiger partial charge in [-0.05, 0) is 35.9 Å². The van der Waals surface area contributed by atoms with Gasteiger partial charge in [0.05, 0.1) is 19.6 Å². The first-order chi connectivity index (χ1) is 10.7. The molecule has 1 atom stereocenters. The number of aliphatic hydroxyl groups excluding tert-OH is 1. The van der Waals surface area contributed by atoms with Gasteiger partial charge < -0.3 is 5.11 Å². The van der Waals surface area contributed by atoms with Crippen LogP contribution in [0.2, 0.25) is 0 Å². The van der Waals surface area contributed by atoms with Crippen LogP contribution < -0.4 is 0 Å². The maximum Gasteiger partial charge on any atom is 0.209 e. The Bertz CT molecular complexity index is 1010. The standard InChI is InChI=1S/C15H13BrO5S2/c1-9(8-17)10-2-4-12-14(6-10)23(20,21)15-7-11(16)3-5-13(15)22(12,18)19/h2-7,9,17H,8H2,1H3. The van der Waals surface area contributed by atoms with Crippen molar-refractivity contribution in [1.82, 2.24) is 0 Å². The second-order valence-electron chi connectivity index (χ2n) is 5.39. The van der Waals surface area contributed by atoms with Crippen molar-refractivity contribution >= 4 is 35.6 Å². The normalized spacial score (nSPS) is 18.7. The summed E-state index contributed by atoms with van der Waals surface area (Å²) < 4.78 is 51.6. The Morgan fingerprint density at radius 1 is 0.913 bits per heavy atom. The van der Waals surface area contributed by atoms with Crippen LogP contribution in [0.4, 0.5) is 0 Å². The Labute approximate surface area is 142 Å². The Balaban J connectivity index is 2.40. The number of rotatable bonds is 2. The average Bonchev–Trinajstić information content (AvgIpc) is 2.52. The lowest BCUT2D eigenvalue weighted by Gasteiger charge is -2.21. The van der Waals surface area contributed by atoms with Crippen LogP contribution in [0.1, 0.15) is 18.4 Å². The third kappa shape index (κ3) is 2.44. The predicted octanol–water partition coefficient (Wildman–Crippen LogP) is 2.52. The molecule has 0 spiro atoms. The molecule has 0 amide bonds. The third-order valence-corrected chi connectivity index (χ3v) is 8.33. The SMILES string of the molecule is CC(CO)c1ccc2c(c1)S(=O)(=O)c1cc(Br)ccc1S2(=O)=O. The van der Waals surface area contributed by atoms with Gasteiger partial charge in [-0.25, -0.2) is 16.8 Å². The Hall–Kier alpha value is -1.22. The molecule has 1 unspecified atom stereocenters. The maximum absolute atomic E-state index is 12.9. The minimum atomic E-state index is -3.95. The number of sulfone groups is 2. The summed E-state index contributed by atoms with van der Waals surface area (Å²) >= 11 is 3.18. The lowest BCUT2D eigenvalue weighted by molar-refractivity contribution is 0.273. The van der Waals surface area contributed by atoms with Crippen LogP contribution in [0.25, 0.3) is 0 Å². The second kappa shape index (κ2) is 5.41. The molecule has 0 radical (unpaired) electrons. The van der Waals surface area contributed by atoms with E-state index in [1.807, 2.05) is 0 Å². The quantitative estimate of drug-likeness (QED) is 0.692. The van der Waals surface area contributed by atoms with E-state index < -0.39 is 19.7 Å². The molecular weight excluding hydrogens is 404 g/mol. The number of hydrogen-bond acceptors (Lipinski definition) is 5. The van der Waals surface area contributed by atoms with Crippen molar-refractivity contribution in [3.63, 3.8) is 0 Å². The summed E-state index contributed by atoms with van der Waals surface area (Å²) in [6, 6.07) is 8.27. The lowest BCUT2D eigenvalue weighted by atomic mass is 10.0. The van der Waals surface area contributed by atoms with Gasteiger partial charge in [0.1, 0.15) is 0 Å². The van der Waals surface area contributed by atoms with E-state index >= 15 is 0 Å².